The maximum absolute atomic E-state index is 4.65. The molecule has 0 aliphatic carbocycles. The van der Waals surface area contributed by atoms with Crippen LogP contribution in [0.1, 0.15) is 59.8 Å². The highest BCUT2D eigenvalue weighted by atomic mass is 14.8. The smallest absolute Gasteiger partial charge is 0.0357 e. The van der Waals surface area contributed by atoms with Gasteiger partial charge in [-0.05, 0) is 32.6 Å². The molecule has 0 aromatic rings. The number of unbranched alkanes of at least 4 members (excludes halogenated alkanes) is 1. The van der Waals surface area contributed by atoms with Gasteiger partial charge in [0.1, 0.15) is 0 Å². The van der Waals surface area contributed by atoms with Crippen LogP contribution in [0, 0.1) is 0 Å². The molecule has 0 fully saturated rings. The number of hydrogen-bond donors (Lipinski definition) is 0. The zero-order valence-electron chi connectivity index (χ0n) is 9.56. The predicted octanol–water partition coefficient (Wildman–Crippen LogP) is 4.34. The molecule has 0 rings (SSSR count). The van der Waals surface area contributed by atoms with Gasteiger partial charge in [-0.25, -0.2) is 0 Å². The summed E-state index contributed by atoms with van der Waals surface area (Å²) >= 11 is 0. The van der Waals surface area contributed by atoms with Gasteiger partial charge in [0.05, 0.1) is 0 Å². The van der Waals surface area contributed by atoms with Gasteiger partial charge in [-0.2, -0.15) is 0 Å². The molecule has 1 heteroatoms. The van der Waals surface area contributed by atoms with Crippen molar-refractivity contribution in [3.63, 3.8) is 0 Å². The molecule has 76 valence electrons. The summed E-state index contributed by atoms with van der Waals surface area (Å²) in [4.78, 5) is 4.65. The molecule has 0 aromatic carbocycles. The first-order chi connectivity index (χ1) is 6.28. The lowest BCUT2D eigenvalue weighted by Crippen LogP contribution is -1.96. The number of hydrogen-bond acceptors (Lipinski definition) is 1. The standard InChI is InChI=1S/C12H23N/c1-5-9-10-12(8-4)13-11(6-2)7-3/h6H,5,7-10H2,1-4H3/b11-6-,13-12?. The van der Waals surface area contributed by atoms with Crippen LogP contribution < -0.4 is 0 Å². The van der Waals surface area contributed by atoms with Gasteiger partial charge in [0.25, 0.3) is 0 Å². The molecule has 0 aromatic heterocycles. The average Bonchev–Trinajstić information content (AvgIpc) is 2.19. The van der Waals surface area contributed by atoms with Crippen molar-refractivity contribution in [2.75, 3.05) is 0 Å². The Labute approximate surface area is 83.0 Å². The number of allylic oxidation sites excluding steroid dienone is 2. The van der Waals surface area contributed by atoms with E-state index in [0.717, 1.165) is 12.8 Å². The maximum atomic E-state index is 4.65. The zero-order valence-corrected chi connectivity index (χ0v) is 9.56. The van der Waals surface area contributed by atoms with Crippen LogP contribution in [0.15, 0.2) is 16.8 Å². The van der Waals surface area contributed by atoms with E-state index in [1.54, 1.807) is 0 Å². The lowest BCUT2D eigenvalue weighted by atomic mass is 10.1. The first kappa shape index (κ1) is 12.4. The molecule has 1 nitrogen and oxygen atoms in total. The Morgan fingerprint density at radius 3 is 2.23 bits per heavy atom. The third-order valence-electron chi connectivity index (χ3n) is 2.22. The molecule has 0 saturated heterocycles. The summed E-state index contributed by atoms with van der Waals surface area (Å²) in [6.07, 6.45) is 7.96. The van der Waals surface area contributed by atoms with Crippen molar-refractivity contribution < 1.29 is 0 Å². The fourth-order valence-corrected chi connectivity index (χ4v) is 1.24. The van der Waals surface area contributed by atoms with Crippen LogP contribution in [0.2, 0.25) is 0 Å². The molecule has 0 amide bonds. The molecular formula is C12H23N. The number of aliphatic imine (C=N–C) groups is 1. The molecule has 0 N–H and O–H groups in total. The quantitative estimate of drug-likeness (QED) is 0.540. The minimum Gasteiger partial charge on any atom is -0.263 e. The summed E-state index contributed by atoms with van der Waals surface area (Å²) in [5.41, 5.74) is 2.59. The Morgan fingerprint density at radius 2 is 1.85 bits per heavy atom. The van der Waals surface area contributed by atoms with E-state index >= 15 is 0 Å². The van der Waals surface area contributed by atoms with E-state index in [1.807, 2.05) is 0 Å². The van der Waals surface area contributed by atoms with Gasteiger partial charge < -0.3 is 0 Å². The summed E-state index contributed by atoms with van der Waals surface area (Å²) in [5.74, 6) is 0. The molecule has 0 aliphatic rings. The molecule has 0 heterocycles. The molecule has 0 bridgehead atoms. The first-order valence-corrected chi connectivity index (χ1v) is 5.50. The predicted molar refractivity (Wildman–Crippen MR) is 61.3 cm³/mol. The van der Waals surface area contributed by atoms with E-state index in [4.69, 9.17) is 0 Å². The third kappa shape index (κ3) is 5.62. The minimum absolute atomic E-state index is 1.05. The van der Waals surface area contributed by atoms with E-state index in [-0.39, 0.29) is 0 Å². The van der Waals surface area contributed by atoms with Crippen molar-refractivity contribution in [1.82, 2.24) is 0 Å². The Bertz CT molecular complexity index is 178. The van der Waals surface area contributed by atoms with Crippen LogP contribution in [0.3, 0.4) is 0 Å². The van der Waals surface area contributed by atoms with Crippen molar-refractivity contribution in [2.45, 2.75) is 59.8 Å². The normalized spacial score (nSPS) is 13.5. The van der Waals surface area contributed by atoms with Crippen LogP contribution >= 0.6 is 0 Å². The van der Waals surface area contributed by atoms with Gasteiger partial charge in [-0.1, -0.05) is 33.3 Å². The van der Waals surface area contributed by atoms with Gasteiger partial charge >= 0.3 is 0 Å². The Balaban J connectivity index is 4.19. The number of rotatable bonds is 6. The molecule has 13 heavy (non-hydrogen) atoms. The molecule has 0 aliphatic heterocycles. The van der Waals surface area contributed by atoms with Crippen molar-refractivity contribution in [3.05, 3.63) is 11.8 Å². The van der Waals surface area contributed by atoms with Crippen LogP contribution in [0.4, 0.5) is 0 Å². The fourth-order valence-electron chi connectivity index (χ4n) is 1.24. The first-order valence-electron chi connectivity index (χ1n) is 5.50. The lowest BCUT2D eigenvalue weighted by Gasteiger charge is -2.03. The molecule has 0 spiro atoms. The second-order valence-corrected chi connectivity index (χ2v) is 3.27. The second-order valence-electron chi connectivity index (χ2n) is 3.27. The monoisotopic (exact) mass is 181 g/mol. The fraction of sp³-hybridized carbons (Fsp3) is 0.750. The Morgan fingerprint density at radius 1 is 1.15 bits per heavy atom. The minimum atomic E-state index is 1.05. The summed E-state index contributed by atoms with van der Waals surface area (Å²) in [6.45, 7) is 8.64. The van der Waals surface area contributed by atoms with Gasteiger partial charge in [-0.15, -0.1) is 0 Å². The molecule has 0 atom stereocenters. The summed E-state index contributed by atoms with van der Waals surface area (Å²) in [6, 6.07) is 0. The van der Waals surface area contributed by atoms with Crippen molar-refractivity contribution in [2.24, 2.45) is 4.99 Å². The van der Waals surface area contributed by atoms with Crippen LogP contribution in [-0.2, 0) is 0 Å². The van der Waals surface area contributed by atoms with Crippen molar-refractivity contribution in [1.29, 1.82) is 0 Å². The van der Waals surface area contributed by atoms with Crippen LogP contribution in [0.5, 0.6) is 0 Å². The van der Waals surface area contributed by atoms with E-state index in [2.05, 4.69) is 38.8 Å². The summed E-state index contributed by atoms with van der Waals surface area (Å²) < 4.78 is 0. The second kappa shape index (κ2) is 8.03. The average molecular weight is 181 g/mol. The van der Waals surface area contributed by atoms with Gasteiger partial charge in [0, 0.05) is 11.4 Å². The topological polar surface area (TPSA) is 12.4 Å². The molecule has 0 unspecified atom stereocenters. The van der Waals surface area contributed by atoms with Gasteiger partial charge in [-0.3, -0.25) is 4.99 Å². The van der Waals surface area contributed by atoms with E-state index in [9.17, 15) is 0 Å². The zero-order chi connectivity index (χ0) is 10.1. The van der Waals surface area contributed by atoms with Gasteiger partial charge in [0.2, 0.25) is 0 Å². The largest absolute Gasteiger partial charge is 0.263 e. The lowest BCUT2D eigenvalue weighted by molar-refractivity contribution is 0.823. The van der Waals surface area contributed by atoms with E-state index in [0.29, 0.717) is 0 Å². The Kier molecular flexibility index (Phi) is 7.66. The van der Waals surface area contributed by atoms with Crippen LogP contribution in [-0.4, -0.2) is 5.71 Å². The van der Waals surface area contributed by atoms with Crippen molar-refractivity contribution >= 4 is 5.71 Å². The Hall–Kier alpha value is -0.590. The van der Waals surface area contributed by atoms with Crippen LogP contribution in [0.25, 0.3) is 0 Å². The highest BCUT2D eigenvalue weighted by Crippen LogP contribution is 2.08. The molecule has 0 saturated carbocycles. The van der Waals surface area contributed by atoms with E-state index in [1.165, 1.54) is 30.7 Å². The van der Waals surface area contributed by atoms with Gasteiger partial charge in [0.15, 0.2) is 0 Å². The SMILES string of the molecule is C/C=C(/CC)N=C(CC)CCCC. The van der Waals surface area contributed by atoms with E-state index < -0.39 is 0 Å². The highest BCUT2D eigenvalue weighted by Gasteiger charge is 1.96. The number of nitrogens with zero attached hydrogens (tertiary/aromatic N) is 1. The highest BCUT2D eigenvalue weighted by molar-refractivity contribution is 5.85. The third-order valence-corrected chi connectivity index (χ3v) is 2.22. The molecule has 0 radical (unpaired) electrons. The van der Waals surface area contributed by atoms with Crippen molar-refractivity contribution in [3.8, 4) is 0 Å². The summed E-state index contributed by atoms with van der Waals surface area (Å²) in [7, 11) is 0. The summed E-state index contributed by atoms with van der Waals surface area (Å²) in [5, 5.41) is 0. The maximum Gasteiger partial charge on any atom is 0.0357 e. The molecular weight excluding hydrogens is 158 g/mol.